The Bertz CT molecular complexity index is 2290. The molecule has 1 saturated carbocycles. The molecule has 16 heteroatoms. The number of aliphatic hydroxyl groups is 3. The molecule has 3 aromatic rings. The first-order valence-electron chi connectivity index (χ1n) is 27.8. The maximum absolute atomic E-state index is 14.9. The van der Waals surface area contributed by atoms with Crippen LogP contribution >= 0.6 is 0 Å². The Hall–Kier alpha value is -5.65. The van der Waals surface area contributed by atoms with E-state index >= 15 is 0 Å². The predicted octanol–water partition coefficient (Wildman–Crippen LogP) is 11.5. The van der Waals surface area contributed by atoms with E-state index in [9.17, 15) is 24.9 Å². The average Bonchev–Trinajstić information content (AvgIpc) is 3.43. The maximum Gasteiger partial charge on any atom is 0.417 e. The van der Waals surface area contributed by atoms with Crippen molar-refractivity contribution < 1.29 is 62.9 Å². The lowest BCUT2D eigenvalue weighted by atomic mass is 9.55. The first-order valence-corrected chi connectivity index (χ1v) is 27.8. The van der Waals surface area contributed by atoms with E-state index in [2.05, 4.69) is 24.9 Å². The molecule has 0 radical (unpaired) electrons. The van der Waals surface area contributed by atoms with E-state index < -0.39 is 35.9 Å². The van der Waals surface area contributed by atoms with E-state index in [4.69, 9.17) is 43.2 Å². The molecule has 3 aliphatic rings. The third-order valence-corrected chi connectivity index (χ3v) is 14.8. The minimum atomic E-state index is -1.57. The van der Waals surface area contributed by atoms with Crippen molar-refractivity contribution in [1.82, 2.24) is 4.90 Å². The SMILES string of the molecule is C=CCOC12Oc3ccc(OC(=O)Nc4ccc(OC)cc4OC)cc3C3C(CCCCO)C(CCCCO)C=C(C(=NOCc4ccccc4)CC1N(CCOCCO)C(=O)OCCCCCCCCCCCC)C32. The molecule has 4 N–H and O–H groups in total. The zero-order chi connectivity index (χ0) is 54.0. The van der Waals surface area contributed by atoms with Gasteiger partial charge in [-0.1, -0.05) is 125 Å². The van der Waals surface area contributed by atoms with E-state index in [-0.39, 0.29) is 83.4 Å². The van der Waals surface area contributed by atoms with Crippen molar-refractivity contribution in [2.75, 3.05) is 72.3 Å². The number of aliphatic hydroxyl groups excluding tert-OH is 3. The molecule has 6 unspecified atom stereocenters. The average molecular weight is 1060 g/mol. The highest BCUT2D eigenvalue weighted by Crippen LogP contribution is 2.62. The van der Waals surface area contributed by atoms with Crippen molar-refractivity contribution in [3.8, 4) is 23.0 Å². The topological polar surface area (TPSA) is 196 Å². The number of oxime groups is 1. The number of allylic oxidation sites excluding steroid dienone is 1. The molecule has 418 valence electrons. The zero-order valence-corrected chi connectivity index (χ0v) is 45.3. The lowest BCUT2D eigenvalue weighted by molar-refractivity contribution is -0.256. The van der Waals surface area contributed by atoms with Crippen LogP contribution in [0.25, 0.3) is 0 Å². The van der Waals surface area contributed by atoms with Crippen LogP contribution in [0.15, 0.2) is 96.2 Å². The van der Waals surface area contributed by atoms with Crippen molar-refractivity contribution in [3.05, 3.63) is 102 Å². The molecule has 76 heavy (non-hydrogen) atoms. The van der Waals surface area contributed by atoms with Crippen LogP contribution in [0.1, 0.15) is 133 Å². The quantitative estimate of drug-likeness (QED) is 0.0247. The van der Waals surface area contributed by atoms with Crippen LogP contribution in [-0.4, -0.2) is 117 Å². The number of carbonyl (C=O) groups is 2. The Balaban J connectivity index is 1.45. The van der Waals surface area contributed by atoms with Gasteiger partial charge in [-0.25, -0.2) is 9.59 Å². The molecule has 2 amide bonds. The summed E-state index contributed by atoms with van der Waals surface area (Å²) in [4.78, 5) is 36.6. The van der Waals surface area contributed by atoms with E-state index in [1.165, 1.54) is 45.6 Å². The van der Waals surface area contributed by atoms with Gasteiger partial charge in [0.1, 0.15) is 35.6 Å². The second kappa shape index (κ2) is 32.2. The summed E-state index contributed by atoms with van der Waals surface area (Å²) >= 11 is 0. The largest absolute Gasteiger partial charge is 0.497 e. The third kappa shape index (κ3) is 16.4. The van der Waals surface area contributed by atoms with Crippen molar-refractivity contribution >= 4 is 23.6 Å². The fraction of sp³-hybridized carbons (Fsp3) is 0.583. The highest BCUT2D eigenvalue weighted by molar-refractivity contribution is 6.03. The Labute approximate surface area is 450 Å². The van der Waals surface area contributed by atoms with Crippen LogP contribution in [0.2, 0.25) is 0 Å². The Morgan fingerprint density at radius 2 is 1.54 bits per heavy atom. The van der Waals surface area contributed by atoms with Gasteiger partial charge in [0.25, 0.3) is 0 Å². The van der Waals surface area contributed by atoms with Crippen LogP contribution < -0.4 is 24.3 Å². The summed E-state index contributed by atoms with van der Waals surface area (Å²) in [5.74, 6) is -1.02. The van der Waals surface area contributed by atoms with Crippen molar-refractivity contribution in [1.29, 1.82) is 0 Å². The van der Waals surface area contributed by atoms with Gasteiger partial charge in [-0.15, -0.1) is 6.58 Å². The van der Waals surface area contributed by atoms with Crippen LogP contribution in [0.5, 0.6) is 23.0 Å². The lowest BCUT2D eigenvalue weighted by Crippen LogP contribution is -2.70. The number of amides is 2. The number of hydrogen-bond donors (Lipinski definition) is 4. The van der Waals surface area contributed by atoms with Crippen LogP contribution in [0.4, 0.5) is 15.3 Å². The van der Waals surface area contributed by atoms with Crippen molar-refractivity contribution in [2.45, 2.75) is 140 Å². The van der Waals surface area contributed by atoms with Crippen LogP contribution in [0, 0.1) is 17.8 Å². The molecule has 0 aromatic heterocycles. The van der Waals surface area contributed by atoms with E-state index in [1.807, 2.05) is 36.4 Å². The highest BCUT2D eigenvalue weighted by atomic mass is 16.7. The van der Waals surface area contributed by atoms with E-state index in [1.54, 1.807) is 48.4 Å². The number of fused-ring (bicyclic) bond motifs is 2. The lowest BCUT2D eigenvalue weighted by Gasteiger charge is -2.59. The highest BCUT2D eigenvalue weighted by Gasteiger charge is 2.65. The molecular formula is C60H85N3O13. The van der Waals surface area contributed by atoms with Gasteiger partial charge < -0.3 is 53.3 Å². The molecule has 3 aromatic carbocycles. The number of nitrogens with one attached hydrogen (secondary N) is 1. The third-order valence-electron chi connectivity index (χ3n) is 14.8. The Morgan fingerprint density at radius 3 is 2.24 bits per heavy atom. The fourth-order valence-corrected chi connectivity index (χ4v) is 11.2. The van der Waals surface area contributed by atoms with Crippen molar-refractivity contribution in [2.24, 2.45) is 22.9 Å². The van der Waals surface area contributed by atoms with Gasteiger partial charge in [0, 0.05) is 43.7 Å². The van der Waals surface area contributed by atoms with E-state index in [0.717, 1.165) is 48.8 Å². The van der Waals surface area contributed by atoms with Gasteiger partial charge >= 0.3 is 12.2 Å². The van der Waals surface area contributed by atoms with Gasteiger partial charge in [0.15, 0.2) is 0 Å². The monoisotopic (exact) mass is 1060 g/mol. The van der Waals surface area contributed by atoms with Gasteiger partial charge in [0.2, 0.25) is 5.79 Å². The first kappa shape index (κ1) is 59.6. The molecule has 6 atom stereocenters. The molecule has 16 nitrogen and oxygen atoms in total. The summed E-state index contributed by atoms with van der Waals surface area (Å²) in [5.41, 5.74) is 3.55. The number of hydrogen-bond acceptors (Lipinski definition) is 14. The number of ether oxygens (including phenoxy) is 7. The standard InChI is InChI=1S/C60H85N3O13/c1-5-7-8-9-10-11-12-13-14-22-36-72-59(68)63(31-37-71-38-34-66)55-42-52(62-74-43-44-23-16-15-17-24-44)49-39-45(25-18-20-32-64)48(26-19-21-33-65)56-50-40-47(28-30-53(50)76-60(55,57(49)56)73-35-6-2)75-58(67)61-51-29-27-46(69-3)41-54(51)70-4/h6,15-17,23-24,27-30,39-41,45,48,55-57,64-66H,2,5,7-14,18-22,25-26,31-38,42-43H2,1,3-4H3,(H,61,67). The number of anilines is 1. The zero-order valence-electron chi connectivity index (χ0n) is 45.3. The molecular weight excluding hydrogens is 971 g/mol. The van der Waals surface area contributed by atoms with Crippen LogP contribution in [0.3, 0.4) is 0 Å². The summed E-state index contributed by atoms with van der Waals surface area (Å²) < 4.78 is 43.5. The molecule has 0 bridgehead atoms. The number of benzene rings is 3. The van der Waals surface area contributed by atoms with E-state index in [0.29, 0.717) is 60.8 Å². The summed E-state index contributed by atoms with van der Waals surface area (Å²) in [6.45, 7) is 6.92. The van der Waals surface area contributed by atoms with Gasteiger partial charge in [0.05, 0.1) is 64.6 Å². The molecule has 1 aliphatic heterocycles. The fourth-order valence-electron chi connectivity index (χ4n) is 11.2. The van der Waals surface area contributed by atoms with Gasteiger partial charge in [-0.2, -0.15) is 0 Å². The number of nitrogens with zero attached hydrogens (tertiary/aromatic N) is 2. The second-order valence-corrected chi connectivity index (χ2v) is 19.9. The summed E-state index contributed by atoms with van der Waals surface area (Å²) in [7, 11) is 3.05. The summed E-state index contributed by atoms with van der Waals surface area (Å²) in [5, 5.41) is 37.6. The summed E-state index contributed by atoms with van der Waals surface area (Å²) in [6.07, 6.45) is 18.3. The van der Waals surface area contributed by atoms with Crippen molar-refractivity contribution in [3.63, 3.8) is 0 Å². The normalized spacial score (nSPS) is 20.8. The number of rotatable bonds is 35. The minimum absolute atomic E-state index is 0.0292. The Morgan fingerprint density at radius 1 is 0.816 bits per heavy atom. The first-order chi connectivity index (χ1) is 37.2. The van der Waals surface area contributed by atoms with Crippen LogP contribution in [-0.2, 0) is 25.7 Å². The summed E-state index contributed by atoms with van der Waals surface area (Å²) in [6, 6.07) is 19.3. The minimum Gasteiger partial charge on any atom is -0.497 e. The molecule has 1 heterocycles. The molecule has 0 spiro atoms. The molecule has 2 aliphatic carbocycles. The molecule has 1 fully saturated rings. The van der Waals surface area contributed by atoms with Gasteiger partial charge in [-0.3, -0.25) is 10.2 Å². The number of carbonyl (C=O) groups excluding carboxylic acids is 2. The molecule has 0 saturated heterocycles. The second-order valence-electron chi connectivity index (χ2n) is 19.9. The molecule has 6 rings (SSSR count). The van der Waals surface area contributed by atoms with Gasteiger partial charge in [-0.05, 0) is 85.4 Å². The predicted molar refractivity (Wildman–Crippen MR) is 293 cm³/mol. The Kier molecular flexibility index (Phi) is 25.2. The maximum atomic E-state index is 14.9. The smallest absolute Gasteiger partial charge is 0.417 e. The number of unbranched alkanes of at least 4 members (excludes halogenated alkanes) is 11. The number of methoxy groups -OCH3 is 2.